The van der Waals surface area contributed by atoms with Gasteiger partial charge in [-0.1, -0.05) is 0 Å². The third kappa shape index (κ3) is 2.46. The van der Waals surface area contributed by atoms with Crippen molar-refractivity contribution in [2.45, 2.75) is 9.84 Å². The van der Waals surface area contributed by atoms with E-state index < -0.39 is 40.2 Å². The lowest BCUT2D eigenvalue weighted by Gasteiger charge is -2.20. The molecule has 0 saturated carbocycles. The summed E-state index contributed by atoms with van der Waals surface area (Å²) in [4.78, 5) is 0. The predicted octanol–water partition coefficient (Wildman–Crippen LogP) is -1.43. The van der Waals surface area contributed by atoms with Gasteiger partial charge in [0.2, 0.25) is 0 Å². The third-order valence-corrected chi connectivity index (χ3v) is 5.47. The number of hydrogen-bond acceptors (Lipinski definition) is 6. The van der Waals surface area contributed by atoms with Crippen molar-refractivity contribution >= 4 is 30.4 Å². The van der Waals surface area contributed by atoms with E-state index in [-0.39, 0.29) is 0 Å². The first kappa shape index (κ1) is 15.6. The van der Waals surface area contributed by atoms with E-state index in [9.17, 15) is 34.0 Å². The van der Waals surface area contributed by atoms with Crippen molar-refractivity contribution in [2.75, 3.05) is 0 Å². The van der Waals surface area contributed by atoms with Gasteiger partial charge in [-0.15, -0.1) is 0 Å². The van der Waals surface area contributed by atoms with E-state index in [0.29, 0.717) is 0 Å². The van der Waals surface area contributed by atoms with Gasteiger partial charge < -0.3 is 0 Å². The summed E-state index contributed by atoms with van der Waals surface area (Å²) in [7, 11) is -19.2. The standard InChI is InChI=1S/C2H4F2O9S3/c3-1(14(5,6)7)2(4,15(8,9)10)16(11,12)13/h1H,(H,5,6,7)(H,8,9,10)(H,11,12,13). The Bertz CT molecular complexity index is 536. The molecule has 0 aliphatic heterocycles. The van der Waals surface area contributed by atoms with Crippen LogP contribution in [0.3, 0.4) is 0 Å². The molecular weight excluding hydrogens is 302 g/mol. The van der Waals surface area contributed by atoms with Crippen LogP contribution in [0.2, 0.25) is 0 Å². The van der Waals surface area contributed by atoms with Gasteiger partial charge in [-0.2, -0.15) is 29.6 Å². The van der Waals surface area contributed by atoms with E-state index in [0.717, 1.165) is 0 Å². The molecule has 1 unspecified atom stereocenters. The van der Waals surface area contributed by atoms with E-state index in [1.807, 2.05) is 0 Å². The average Bonchev–Trinajstić information content (AvgIpc) is 1.95. The Morgan fingerprint density at radius 3 is 1.19 bits per heavy atom. The minimum absolute atomic E-state index is 4.63. The highest BCUT2D eigenvalue weighted by Gasteiger charge is 2.67. The smallest absolute Gasteiger partial charge is 0.283 e. The van der Waals surface area contributed by atoms with Crippen molar-refractivity contribution < 1.29 is 47.7 Å². The van der Waals surface area contributed by atoms with Crippen LogP contribution in [0.25, 0.3) is 0 Å². The maximum Gasteiger partial charge on any atom is 0.404 e. The van der Waals surface area contributed by atoms with Crippen LogP contribution in [-0.2, 0) is 30.4 Å². The summed E-state index contributed by atoms with van der Waals surface area (Å²) < 4.78 is 105. The normalized spacial score (nSPS) is 17.1. The highest BCUT2D eigenvalue weighted by molar-refractivity contribution is 8.06. The van der Waals surface area contributed by atoms with E-state index in [2.05, 4.69) is 0 Å². The molecule has 16 heavy (non-hydrogen) atoms. The Balaban J connectivity index is 6.28. The second-order valence-electron chi connectivity index (χ2n) is 2.36. The molecule has 14 heteroatoms. The first-order chi connectivity index (χ1) is 6.65. The summed E-state index contributed by atoms with van der Waals surface area (Å²) in [5.41, 5.74) is -4.63. The number of hydrogen-bond donors (Lipinski definition) is 3. The topological polar surface area (TPSA) is 163 Å². The molecule has 98 valence electrons. The van der Waals surface area contributed by atoms with Crippen molar-refractivity contribution in [3.8, 4) is 0 Å². The maximum absolute atomic E-state index is 13.1. The lowest BCUT2D eigenvalue weighted by molar-refractivity contribution is 0.211. The van der Waals surface area contributed by atoms with Gasteiger partial charge in [0.25, 0.3) is 5.50 Å². The molecule has 9 nitrogen and oxygen atoms in total. The van der Waals surface area contributed by atoms with E-state index in [1.54, 1.807) is 0 Å². The highest BCUT2D eigenvalue weighted by atomic mass is 32.3. The lowest BCUT2D eigenvalue weighted by atomic mass is 10.8. The van der Waals surface area contributed by atoms with Gasteiger partial charge in [-0.05, 0) is 0 Å². The van der Waals surface area contributed by atoms with Crippen LogP contribution in [0.15, 0.2) is 0 Å². The summed E-state index contributed by atoms with van der Waals surface area (Å²) in [6, 6.07) is 0. The molecule has 0 aliphatic rings. The van der Waals surface area contributed by atoms with Crippen LogP contribution in [0.1, 0.15) is 0 Å². The largest absolute Gasteiger partial charge is 0.404 e. The van der Waals surface area contributed by atoms with Crippen molar-refractivity contribution in [3.63, 3.8) is 0 Å². The first-order valence-corrected chi connectivity index (χ1v) is 7.27. The summed E-state index contributed by atoms with van der Waals surface area (Å²) in [5, 5.41) is 0. The quantitative estimate of drug-likeness (QED) is 0.528. The molecular formula is C2H4F2O9S3. The molecule has 0 rings (SSSR count). The minimum Gasteiger partial charge on any atom is -0.283 e. The summed E-state index contributed by atoms with van der Waals surface area (Å²) in [6.07, 6.45) is 0. The van der Waals surface area contributed by atoms with Crippen LogP contribution in [0.4, 0.5) is 8.78 Å². The highest BCUT2D eigenvalue weighted by Crippen LogP contribution is 2.33. The van der Waals surface area contributed by atoms with Crippen LogP contribution < -0.4 is 0 Å². The van der Waals surface area contributed by atoms with Crippen molar-refractivity contribution in [3.05, 3.63) is 0 Å². The van der Waals surface area contributed by atoms with Crippen molar-refractivity contribution in [1.82, 2.24) is 0 Å². The van der Waals surface area contributed by atoms with E-state index in [4.69, 9.17) is 13.7 Å². The molecule has 0 aromatic carbocycles. The zero-order valence-electron chi connectivity index (χ0n) is 6.85. The van der Waals surface area contributed by atoms with E-state index >= 15 is 0 Å². The summed E-state index contributed by atoms with van der Waals surface area (Å²) in [5.74, 6) is 0. The third-order valence-electron chi connectivity index (χ3n) is 1.24. The van der Waals surface area contributed by atoms with E-state index in [1.165, 1.54) is 0 Å². The summed E-state index contributed by atoms with van der Waals surface area (Å²) >= 11 is 0. The zero-order chi connectivity index (χ0) is 13.6. The Morgan fingerprint density at radius 1 is 0.875 bits per heavy atom. The van der Waals surface area contributed by atoms with Crippen LogP contribution >= 0.6 is 0 Å². The minimum atomic E-state index is -6.52. The van der Waals surface area contributed by atoms with Gasteiger partial charge in [0, 0.05) is 0 Å². The van der Waals surface area contributed by atoms with Crippen LogP contribution in [-0.4, -0.2) is 48.7 Å². The molecule has 0 aliphatic carbocycles. The Labute approximate surface area is 88.3 Å². The fourth-order valence-corrected chi connectivity index (χ4v) is 3.89. The monoisotopic (exact) mass is 306 g/mol. The second-order valence-corrected chi connectivity index (χ2v) is 7.15. The molecule has 3 N–H and O–H groups in total. The zero-order valence-corrected chi connectivity index (χ0v) is 9.30. The van der Waals surface area contributed by atoms with Gasteiger partial charge in [0.05, 0.1) is 0 Å². The molecule has 0 radical (unpaired) electrons. The molecule has 0 fully saturated rings. The fourth-order valence-electron chi connectivity index (χ4n) is 0.545. The van der Waals surface area contributed by atoms with Gasteiger partial charge in [0.1, 0.15) is 0 Å². The number of alkyl halides is 2. The van der Waals surface area contributed by atoms with Crippen LogP contribution in [0, 0.1) is 0 Å². The Kier molecular flexibility index (Phi) is 3.71. The SMILES string of the molecule is O=S(=O)(O)C(F)C(F)(S(=O)(=O)O)S(=O)(=O)O. The lowest BCUT2D eigenvalue weighted by Crippen LogP contribution is -2.52. The molecule has 0 spiro atoms. The molecule has 0 saturated heterocycles. The molecule has 0 amide bonds. The van der Waals surface area contributed by atoms with Crippen molar-refractivity contribution in [1.29, 1.82) is 0 Å². The Hall–Kier alpha value is -0.410. The first-order valence-electron chi connectivity index (χ1n) is 2.89. The maximum atomic E-state index is 13.1. The Morgan fingerprint density at radius 2 is 1.12 bits per heavy atom. The summed E-state index contributed by atoms with van der Waals surface area (Å²) in [6.45, 7) is 0. The van der Waals surface area contributed by atoms with Gasteiger partial charge in [0.15, 0.2) is 0 Å². The van der Waals surface area contributed by atoms with Crippen LogP contribution in [0.5, 0.6) is 0 Å². The number of halogens is 2. The molecule has 1 atom stereocenters. The average molecular weight is 306 g/mol. The molecule has 0 aromatic heterocycles. The van der Waals surface area contributed by atoms with Crippen molar-refractivity contribution in [2.24, 2.45) is 0 Å². The van der Waals surface area contributed by atoms with Gasteiger partial charge >= 0.3 is 34.7 Å². The molecule has 0 heterocycles. The predicted molar refractivity (Wildman–Crippen MR) is 43.4 cm³/mol. The molecule has 0 bridgehead atoms. The second kappa shape index (κ2) is 3.81. The van der Waals surface area contributed by atoms with Gasteiger partial charge in [-0.25, -0.2) is 4.39 Å². The molecule has 0 aromatic rings. The fraction of sp³-hybridized carbons (Fsp3) is 1.00. The van der Waals surface area contributed by atoms with Gasteiger partial charge in [-0.3, -0.25) is 13.7 Å². The number of rotatable bonds is 4.